The van der Waals surface area contributed by atoms with E-state index in [9.17, 15) is 10.2 Å². The van der Waals surface area contributed by atoms with E-state index in [1.54, 1.807) is 6.07 Å². The number of phenolic OH excluding ortho intramolecular Hbond substituents is 2. The highest BCUT2D eigenvalue weighted by molar-refractivity contribution is 5.63. The third-order valence-electron chi connectivity index (χ3n) is 3.00. The van der Waals surface area contributed by atoms with Gasteiger partial charge >= 0.3 is 0 Å². The van der Waals surface area contributed by atoms with E-state index < -0.39 is 0 Å². The third kappa shape index (κ3) is 0.877. The molecule has 1 saturated heterocycles. The van der Waals surface area contributed by atoms with Gasteiger partial charge in [-0.3, -0.25) is 4.90 Å². The van der Waals surface area contributed by atoms with Crippen molar-refractivity contribution in [2.75, 3.05) is 13.1 Å². The Morgan fingerprint density at radius 2 is 1.77 bits per heavy atom. The SMILES string of the molecule is Oc1cc([NH+]2CC2)c(O)c2c1CC2. The summed E-state index contributed by atoms with van der Waals surface area (Å²) in [7, 11) is 0. The first-order chi connectivity index (χ1) is 6.27. The van der Waals surface area contributed by atoms with Crippen molar-refractivity contribution < 1.29 is 15.1 Å². The molecule has 1 aromatic rings. The minimum atomic E-state index is 0.369. The van der Waals surface area contributed by atoms with Crippen molar-refractivity contribution >= 4 is 5.69 Å². The Labute approximate surface area is 76.2 Å². The average molecular weight is 178 g/mol. The van der Waals surface area contributed by atoms with Crippen molar-refractivity contribution in [3.05, 3.63) is 17.2 Å². The molecule has 0 bridgehead atoms. The summed E-state index contributed by atoms with van der Waals surface area (Å²) in [5, 5.41) is 19.4. The molecule has 3 heteroatoms. The van der Waals surface area contributed by atoms with Crippen molar-refractivity contribution in [3.63, 3.8) is 0 Å². The molecule has 0 aromatic heterocycles. The first-order valence-electron chi connectivity index (χ1n) is 4.69. The maximum absolute atomic E-state index is 9.83. The van der Waals surface area contributed by atoms with Gasteiger partial charge in [-0.15, -0.1) is 0 Å². The van der Waals surface area contributed by atoms with Crippen LogP contribution in [0.25, 0.3) is 0 Å². The molecule has 0 amide bonds. The van der Waals surface area contributed by atoms with E-state index in [-0.39, 0.29) is 0 Å². The molecule has 1 aliphatic carbocycles. The Kier molecular flexibility index (Phi) is 1.21. The van der Waals surface area contributed by atoms with Crippen LogP contribution in [0.4, 0.5) is 5.69 Å². The zero-order valence-electron chi connectivity index (χ0n) is 7.30. The van der Waals surface area contributed by atoms with Gasteiger partial charge in [-0.1, -0.05) is 0 Å². The number of aromatic hydroxyl groups is 2. The second-order valence-corrected chi connectivity index (χ2v) is 3.85. The zero-order valence-corrected chi connectivity index (χ0v) is 7.30. The molecule has 0 atom stereocenters. The Hall–Kier alpha value is -1.22. The lowest BCUT2D eigenvalue weighted by atomic mass is 9.86. The second-order valence-electron chi connectivity index (χ2n) is 3.85. The van der Waals surface area contributed by atoms with Crippen molar-refractivity contribution in [1.29, 1.82) is 0 Å². The number of quaternary nitrogens is 1. The zero-order chi connectivity index (χ0) is 9.00. The Morgan fingerprint density at radius 1 is 1.08 bits per heavy atom. The van der Waals surface area contributed by atoms with Crippen molar-refractivity contribution in [2.45, 2.75) is 12.8 Å². The van der Waals surface area contributed by atoms with Gasteiger partial charge in [-0.05, 0) is 12.8 Å². The Morgan fingerprint density at radius 3 is 2.31 bits per heavy atom. The molecule has 1 heterocycles. The van der Waals surface area contributed by atoms with E-state index in [1.165, 1.54) is 4.90 Å². The highest BCUT2D eigenvalue weighted by Crippen LogP contribution is 2.41. The van der Waals surface area contributed by atoms with Crippen LogP contribution >= 0.6 is 0 Å². The van der Waals surface area contributed by atoms with Crippen molar-refractivity contribution in [1.82, 2.24) is 0 Å². The third-order valence-corrected chi connectivity index (χ3v) is 3.00. The monoisotopic (exact) mass is 178 g/mol. The highest BCUT2D eigenvalue weighted by atomic mass is 16.3. The fraction of sp³-hybridized carbons (Fsp3) is 0.400. The van der Waals surface area contributed by atoms with Gasteiger partial charge in [0.25, 0.3) is 0 Å². The molecule has 3 rings (SSSR count). The lowest BCUT2D eigenvalue weighted by Gasteiger charge is -2.21. The van der Waals surface area contributed by atoms with E-state index in [2.05, 4.69) is 0 Å². The molecular weight excluding hydrogens is 166 g/mol. The predicted molar refractivity (Wildman–Crippen MR) is 47.5 cm³/mol. The van der Waals surface area contributed by atoms with Gasteiger partial charge in [0.15, 0.2) is 11.4 Å². The van der Waals surface area contributed by atoms with E-state index in [0.717, 1.165) is 42.7 Å². The number of phenols is 2. The normalized spacial score (nSPS) is 19.4. The predicted octanol–water partition coefficient (Wildman–Crippen LogP) is -0.274. The minimum Gasteiger partial charge on any atom is -0.507 e. The van der Waals surface area contributed by atoms with E-state index >= 15 is 0 Å². The molecule has 2 aliphatic rings. The molecule has 0 unspecified atom stereocenters. The first-order valence-corrected chi connectivity index (χ1v) is 4.69. The largest absolute Gasteiger partial charge is 0.507 e. The summed E-state index contributed by atoms with van der Waals surface area (Å²) >= 11 is 0. The van der Waals surface area contributed by atoms with Crippen LogP contribution < -0.4 is 4.90 Å². The standard InChI is InChI=1S/C10H11NO2/c12-9-5-8(11-3-4-11)10(13)7-2-1-6(7)9/h5,12-13H,1-4H2/p+1. The van der Waals surface area contributed by atoms with Crippen molar-refractivity contribution in [3.8, 4) is 11.5 Å². The second kappa shape index (κ2) is 2.17. The maximum Gasteiger partial charge on any atom is 0.180 e. The van der Waals surface area contributed by atoms with Gasteiger partial charge in [-0.2, -0.15) is 0 Å². The number of nitrogens with one attached hydrogen (secondary N) is 1. The molecule has 1 aromatic carbocycles. The fourth-order valence-corrected chi connectivity index (χ4v) is 1.98. The van der Waals surface area contributed by atoms with E-state index in [1.807, 2.05) is 0 Å². The van der Waals surface area contributed by atoms with Crippen LogP contribution in [0.5, 0.6) is 11.5 Å². The molecule has 1 aliphatic heterocycles. The highest BCUT2D eigenvalue weighted by Gasteiger charge is 2.34. The molecule has 0 saturated carbocycles. The van der Waals surface area contributed by atoms with E-state index in [0.29, 0.717) is 11.5 Å². The number of hydrogen-bond donors (Lipinski definition) is 3. The Bertz CT molecular complexity index is 383. The van der Waals surface area contributed by atoms with Gasteiger partial charge in [0.1, 0.15) is 18.8 Å². The molecule has 13 heavy (non-hydrogen) atoms. The topological polar surface area (TPSA) is 44.9 Å². The summed E-state index contributed by atoms with van der Waals surface area (Å²) < 4.78 is 0. The summed E-state index contributed by atoms with van der Waals surface area (Å²) in [5.74, 6) is 0.792. The van der Waals surface area contributed by atoms with Gasteiger partial charge in [-0.25, -0.2) is 0 Å². The molecule has 1 fully saturated rings. The van der Waals surface area contributed by atoms with Gasteiger partial charge in [0, 0.05) is 17.2 Å². The van der Waals surface area contributed by atoms with Crippen LogP contribution in [0.15, 0.2) is 6.07 Å². The number of benzene rings is 1. The van der Waals surface area contributed by atoms with E-state index in [4.69, 9.17) is 0 Å². The van der Waals surface area contributed by atoms with Gasteiger partial charge in [0.05, 0.1) is 0 Å². The lowest BCUT2D eigenvalue weighted by molar-refractivity contribution is -0.679. The van der Waals surface area contributed by atoms with Crippen LogP contribution in [0.3, 0.4) is 0 Å². The molecule has 3 N–H and O–H groups in total. The number of fused-ring (bicyclic) bond motifs is 1. The molecule has 3 nitrogen and oxygen atoms in total. The fourth-order valence-electron chi connectivity index (χ4n) is 1.98. The smallest absolute Gasteiger partial charge is 0.180 e. The quantitative estimate of drug-likeness (QED) is 0.315. The van der Waals surface area contributed by atoms with Gasteiger partial charge < -0.3 is 10.2 Å². The van der Waals surface area contributed by atoms with Crippen LogP contribution in [-0.2, 0) is 12.8 Å². The summed E-state index contributed by atoms with van der Waals surface area (Å²) in [6.07, 6.45) is 1.82. The molecular formula is C10H12NO2+. The van der Waals surface area contributed by atoms with Gasteiger partial charge in [0.2, 0.25) is 0 Å². The van der Waals surface area contributed by atoms with Crippen LogP contribution in [0.1, 0.15) is 11.1 Å². The Balaban J connectivity index is 2.19. The summed E-state index contributed by atoms with van der Waals surface area (Å²) in [6, 6.07) is 1.72. The molecule has 0 radical (unpaired) electrons. The summed E-state index contributed by atoms with van der Waals surface area (Å²) in [6.45, 7) is 2.15. The molecule has 68 valence electrons. The average Bonchev–Trinajstić information content (AvgIpc) is 2.77. The van der Waals surface area contributed by atoms with Crippen LogP contribution in [-0.4, -0.2) is 23.3 Å². The minimum absolute atomic E-state index is 0.369. The maximum atomic E-state index is 9.83. The lowest BCUT2D eigenvalue weighted by Crippen LogP contribution is -2.85. The summed E-state index contributed by atoms with van der Waals surface area (Å²) in [4.78, 5) is 1.28. The van der Waals surface area contributed by atoms with Crippen LogP contribution in [0.2, 0.25) is 0 Å². The summed E-state index contributed by atoms with van der Waals surface area (Å²) in [5.41, 5.74) is 2.80. The molecule has 0 spiro atoms. The van der Waals surface area contributed by atoms with Crippen molar-refractivity contribution in [2.24, 2.45) is 0 Å². The number of hydrogen-bond acceptors (Lipinski definition) is 2. The number of rotatable bonds is 1. The van der Waals surface area contributed by atoms with Crippen LogP contribution in [0, 0.1) is 0 Å². The first kappa shape index (κ1) is 7.21.